The van der Waals surface area contributed by atoms with Gasteiger partial charge in [0.25, 0.3) is 0 Å². The molecule has 0 amide bonds. The summed E-state index contributed by atoms with van der Waals surface area (Å²) in [4.78, 5) is 0. The van der Waals surface area contributed by atoms with Gasteiger partial charge in [-0.1, -0.05) is 41.0 Å². The van der Waals surface area contributed by atoms with Gasteiger partial charge in [0.2, 0.25) is 0 Å². The zero-order valence-electron chi connectivity index (χ0n) is 9.06. The van der Waals surface area contributed by atoms with Crippen LogP contribution in [0.15, 0.2) is 43.0 Å². The summed E-state index contributed by atoms with van der Waals surface area (Å²) >= 11 is 0. The molecule has 0 aliphatic rings. The van der Waals surface area contributed by atoms with Crippen LogP contribution in [0.3, 0.4) is 0 Å². The molecular formula is C13H18OP+. The largest absolute Gasteiger partial charge is 0.339 e. The highest BCUT2D eigenvalue weighted by Gasteiger charge is 2.12. The third-order valence-electron chi connectivity index (χ3n) is 2.30. The van der Waals surface area contributed by atoms with Crippen LogP contribution < -0.4 is 0 Å². The van der Waals surface area contributed by atoms with Crippen molar-refractivity contribution in [2.75, 3.05) is 12.3 Å². The second-order valence-electron chi connectivity index (χ2n) is 3.60. The molecule has 80 valence electrons. The number of hydrogen-bond donors (Lipinski definition) is 0. The van der Waals surface area contributed by atoms with E-state index in [9.17, 15) is 4.57 Å². The van der Waals surface area contributed by atoms with Gasteiger partial charge in [0.1, 0.15) is 12.3 Å². The topological polar surface area (TPSA) is 17.1 Å². The Kier molecular flexibility index (Phi) is 5.96. The lowest BCUT2D eigenvalue weighted by molar-refractivity contribution is 0.586. The molecule has 0 saturated heterocycles. The Morgan fingerprint density at radius 3 is 2.60 bits per heavy atom. The van der Waals surface area contributed by atoms with Gasteiger partial charge in [0.15, 0.2) is 0 Å². The summed E-state index contributed by atoms with van der Waals surface area (Å²) in [7, 11) is -1.00. The first-order valence-electron chi connectivity index (χ1n) is 5.40. The molecule has 0 N–H and O–H groups in total. The zero-order valence-corrected chi connectivity index (χ0v) is 9.96. The molecule has 0 saturated carbocycles. The Balaban J connectivity index is 2.16. The van der Waals surface area contributed by atoms with E-state index in [2.05, 4.69) is 18.7 Å². The van der Waals surface area contributed by atoms with E-state index in [0.29, 0.717) is 0 Å². The van der Waals surface area contributed by atoms with E-state index in [1.54, 1.807) is 0 Å². The van der Waals surface area contributed by atoms with Crippen LogP contribution in [0.1, 0.15) is 18.4 Å². The summed E-state index contributed by atoms with van der Waals surface area (Å²) in [6.07, 6.45) is 6.42. The highest BCUT2D eigenvalue weighted by Crippen LogP contribution is 2.23. The van der Waals surface area contributed by atoms with Crippen molar-refractivity contribution < 1.29 is 4.57 Å². The molecule has 0 spiro atoms. The van der Waals surface area contributed by atoms with Gasteiger partial charge in [-0.25, -0.2) is 0 Å². The van der Waals surface area contributed by atoms with Crippen LogP contribution >= 0.6 is 7.80 Å². The lowest BCUT2D eigenvalue weighted by Gasteiger charge is -1.95. The highest BCUT2D eigenvalue weighted by atomic mass is 31.1. The van der Waals surface area contributed by atoms with Crippen molar-refractivity contribution in [2.24, 2.45) is 0 Å². The van der Waals surface area contributed by atoms with Crippen molar-refractivity contribution in [1.82, 2.24) is 0 Å². The van der Waals surface area contributed by atoms with Crippen molar-refractivity contribution in [3.05, 3.63) is 48.6 Å². The van der Waals surface area contributed by atoms with Crippen molar-refractivity contribution >= 4 is 7.80 Å². The quantitative estimate of drug-likeness (QED) is 0.502. The molecule has 0 radical (unpaired) electrons. The lowest BCUT2D eigenvalue weighted by atomic mass is 10.1. The minimum atomic E-state index is -1.00. The average molecular weight is 221 g/mol. The van der Waals surface area contributed by atoms with Gasteiger partial charge < -0.3 is 0 Å². The maximum Gasteiger partial charge on any atom is 0.339 e. The fourth-order valence-electron chi connectivity index (χ4n) is 1.45. The third-order valence-corrected chi connectivity index (χ3v) is 3.87. The third kappa shape index (κ3) is 5.49. The number of allylic oxidation sites excluding steroid dienone is 1. The zero-order chi connectivity index (χ0) is 10.9. The predicted molar refractivity (Wildman–Crippen MR) is 66.9 cm³/mol. The molecular weight excluding hydrogens is 203 g/mol. The molecule has 0 bridgehead atoms. The maximum atomic E-state index is 11.5. The van der Waals surface area contributed by atoms with Crippen molar-refractivity contribution in [3.63, 3.8) is 0 Å². The molecule has 1 nitrogen and oxygen atoms in total. The standard InChI is InChI=1S/C13H18OP/c1-2-3-11-15(14)12-7-10-13-8-5-4-6-9-13/h2,4-6,8-9H,1,3,7,10-12H2/q+1. The average Bonchev–Trinajstić information content (AvgIpc) is 2.28. The Morgan fingerprint density at radius 1 is 1.20 bits per heavy atom. The Labute approximate surface area is 93.0 Å². The first-order valence-corrected chi connectivity index (χ1v) is 7.03. The number of aryl methyl sites for hydroxylation is 1. The summed E-state index contributed by atoms with van der Waals surface area (Å²) in [6, 6.07) is 10.4. The fraction of sp³-hybridized carbons (Fsp3) is 0.385. The van der Waals surface area contributed by atoms with Crippen LogP contribution in [0.5, 0.6) is 0 Å². The van der Waals surface area contributed by atoms with E-state index in [4.69, 9.17) is 0 Å². The van der Waals surface area contributed by atoms with Crippen LogP contribution in [0.2, 0.25) is 0 Å². The van der Waals surface area contributed by atoms with Gasteiger partial charge in [-0.3, -0.25) is 0 Å². The first-order chi connectivity index (χ1) is 7.33. The molecule has 2 heteroatoms. The molecule has 0 heterocycles. The Morgan fingerprint density at radius 2 is 1.93 bits per heavy atom. The molecule has 1 aromatic rings. The molecule has 0 aromatic heterocycles. The van der Waals surface area contributed by atoms with Crippen LogP contribution in [-0.4, -0.2) is 12.3 Å². The Hall–Kier alpha value is -0.940. The molecule has 1 rings (SSSR count). The molecule has 1 unspecified atom stereocenters. The second kappa shape index (κ2) is 7.36. The van der Waals surface area contributed by atoms with Gasteiger partial charge in [-0.15, -0.1) is 6.58 Å². The normalized spacial score (nSPS) is 11.1. The first kappa shape index (κ1) is 12.1. The van der Waals surface area contributed by atoms with Crippen LogP contribution in [0, 0.1) is 0 Å². The molecule has 1 aromatic carbocycles. The molecule has 0 fully saturated rings. The number of hydrogen-bond acceptors (Lipinski definition) is 1. The SMILES string of the molecule is C=CCC[P+](=O)CCCc1ccccc1. The van der Waals surface area contributed by atoms with Crippen molar-refractivity contribution in [1.29, 1.82) is 0 Å². The summed E-state index contributed by atoms with van der Waals surface area (Å²) in [5.41, 5.74) is 1.34. The molecule has 0 aliphatic carbocycles. The second-order valence-corrected chi connectivity index (χ2v) is 5.45. The van der Waals surface area contributed by atoms with Crippen LogP contribution in [-0.2, 0) is 11.0 Å². The van der Waals surface area contributed by atoms with Crippen LogP contribution in [0.4, 0.5) is 0 Å². The van der Waals surface area contributed by atoms with Crippen molar-refractivity contribution in [3.8, 4) is 0 Å². The van der Waals surface area contributed by atoms with Crippen LogP contribution in [0.25, 0.3) is 0 Å². The van der Waals surface area contributed by atoms with Crippen molar-refractivity contribution in [2.45, 2.75) is 19.3 Å². The smallest absolute Gasteiger partial charge is 0.103 e. The van der Waals surface area contributed by atoms with E-state index in [1.165, 1.54) is 5.56 Å². The van der Waals surface area contributed by atoms with E-state index < -0.39 is 7.80 Å². The minimum Gasteiger partial charge on any atom is -0.103 e. The number of benzene rings is 1. The van der Waals surface area contributed by atoms with Gasteiger partial charge in [0, 0.05) is 6.42 Å². The van der Waals surface area contributed by atoms with Gasteiger partial charge in [0.05, 0.1) is 0 Å². The molecule has 1 atom stereocenters. The van der Waals surface area contributed by atoms with E-state index in [-0.39, 0.29) is 0 Å². The minimum absolute atomic E-state index is 0.799. The monoisotopic (exact) mass is 221 g/mol. The highest BCUT2D eigenvalue weighted by molar-refractivity contribution is 7.44. The predicted octanol–water partition coefficient (Wildman–Crippen LogP) is 4.02. The van der Waals surface area contributed by atoms with Gasteiger partial charge in [-0.05, 0) is 18.4 Å². The molecule has 15 heavy (non-hydrogen) atoms. The summed E-state index contributed by atoms with van der Waals surface area (Å²) in [5, 5.41) is 0. The number of rotatable bonds is 7. The van der Waals surface area contributed by atoms with Gasteiger partial charge in [-0.2, -0.15) is 0 Å². The maximum absolute atomic E-state index is 11.5. The van der Waals surface area contributed by atoms with E-state index in [0.717, 1.165) is 31.6 Å². The Bertz CT molecular complexity index is 306. The summed E-state index contributed by atoms with van der Waals surface area (Å²) in [5.74, 6) is 0. The van der Waals surface area contributed by atoms with Gasteiger partial charge >= 0.3 is 7.80 Å². The summed E-state index contributed by atoms with van der Waals surface area (Å²) in [6.45, 7) is 3.63. The molecule has 0 aliphatic heterocycles. The van der Waals surface area contributed by atoms with E-state index >= 15 is 0 Å². The lowest BCUT2D eigenvalue weighted by Crippen LogP contribution is -1.88. The van der Waals surface area contributed by atoms with E-state index in [1.807, 2.05) is 24.3 Å². The fourth-order valence-corrected chi connectivity index (χ4v) is 2.66. The summed E-state index contributed by atoms with van der Waals surface area (Å²) < 4.78 is 11.5.